The summed E-state index contributed by atoms with van der Waals surface area (Å²) in [5.41, 5.74) is 5.23. The highest BCUT2D eigenvalue weighted by atomic mass is 16.5. The SMILES string of the molecule is C/C(N)=N/C(=O)OCCN1CCOCC1. The van der Waals surface area contributed by atoms with Crippen molar-refractivity contribution in [1.29, 1.82) is 0 Å². The highest BCUT2D eigenvalue weighted by Crippen LogP contribution is 1.96. The molecule has 2 N–H and O–H groups in total. The van der Waals surface area contributed by atoms with Crippen molar-refractivity contribution in [2.45, 2.75) is 6.92 Å². The molecule has 0 radical (unpaired) electrons. The first-order valence-corrected chi connectivity index (χ1v) is 4.96. The topological polar surface area (TPSA) is 77.1 Å². The molecular formula is C9H17N3O3. The third-order valence-corrected chi connectivity index (χ3v) is 2.00. The van der Waals surface area contributed by atoms with Gasteiger partial charge < -0.3 is 15.2 Å². The molecule has 0 spiro atoms. The van der Waals surface area contributed by atoms with E-state index in [2.05, 4.69) is 9.89 Å². The van der Waals surface area contributed by atoms with E-state index in [4.69, 9.17) is 15.2 Å². The molecule has 1 fully saturated rings. The number of rotatable bonds is 3. The maximum absolute atomic E-state index is 11.0. The lowest BCUT2D eigenvalue weighted by Gasteiger charge is -2.25. The minimum Gasteiger partial charge on any atom is -0.447 e. The Balaban J connectivity index is 2.10. The molecule has 0 bridgehead atoms. The van der Waals surface area contributed by atoms with Gasteiger partial charge in [0.05, 0.1) is 13.2 Å². The fourth-order valence-corrected chi connectivity index (χ4v) is 1.26. The number of amidine groups is 1. The highest BCUT2D eigenvalue weighted by Gasteiger charge is 2.10. The van der Waals surface area contributed by atoms with Crippen LogP contribution in [0.3, 0.4) is 0 Å². The molecule has 1 rings (SSSR count). The fraction of sp³-hybridized carbons (Fsp3) is 0.778. The zero-order valence-electron chi connectivity index (χ0n) is 8.94. The second-order valence-corrected chi connectivity index (χ2v) is 3.32. The van der Waals surface area contributed by atoms with Gasteiger partial charge in [-0.25, -0.2) is 4.79 Å². The van der Waals surface area contributed by atoms with Crippen LogP contribution < -0.4 is 5.73 Å². The van der Waals surface area contributed by atoms with E-state index < -0.39 is 6.09 Å². The third-order valence-electron chi connectivity index (χ3n) is 2.00. The number of amides is 1. The predicted octanol–water partition coefficient (Wildman–Crippen LogP) is -0.168. The first-order chi connectivity index (χ1) is 7.18. The number of carbonyl (C=O) groups is 1. The van der Waals surface area contributed by atoms with Crippen LogP contribution in [0.4, 0.5) is 4.79 Å². The quantitative estimate of drug-likeness (QED) is 0.522. The molecule has 1 amide bonds. The van der Waals surface area contributed by atoms with Crippen LogP contribution in [0, 0.1) is 0 Å². The van der Waals surface area contributed by atoms with Crippen LogP contribution >= 0.6 is 0 Å². The van der Waals surface area contributed by atoms with Gasteiger partial charge >= 0.3 is 6.09 Å². The number of hydrogen-bond donors (Lipinski definition) is 1. The molecule has 1 aliphatic rings. The van der Waals surface area contributed by atoms with Crippen molar-refractivity contribution in [2.24, 2.45) is 10.7 Å². The Kier molecular flexibility index (Phi) is 5.06. The van der Waals surface area contributed by atoms with E-state index in [1.54, 1.807) is 6.92 Å². The van der Waals surface area contributed by atoms with E-state index in [1.807, 2.05) is 0 Å². The summed E-state index contributed by atoms with van der Waals surface area (Å²) in [7, 11) is 0. The Morgan fingerprint density at radius 2 is 2.20 bits per heavy atom. The monoisotopic (exact) mass is 215 g/mol. The average Bonchev–Trinajstić information content (AvgIpc) is 2.18. The van der Waals surface area contributed by atoms with Gasteiger partial charge in [0.25, 0.3) is 0 Å². The maximum atomic E-state index is 11.0. The highest BCUT2D eigenvalue weighted by molar-refractivity contribution is 5.88. The van der Waals surface area contributed by atoms with Crippen molar-refractivity contribution in [3.05, 3.63) is 0 Å². The summed E-state index contributed by atoms with van der Waals surface area (Å²) < 4.78 is 10.1. The van der Waals surface area contributed by atoms with Crippen molar-refractivity contribution < 1.29 is 14.3 Å². The molecule has 86 valence electrons. The van der Waals surface area contributed by atoms with Crippen LogP contribution in [0.15, 0.2) is 4.99 Å². The number of morpholine rings is 1. The molecule has 15 heavy (non-hydrogen) atoms. The van der Waals surface area contributed by atoms with Crippen molar-refractivity contribution in [3.63, 3.8) is 0 Å². The van der Waals surface area contributed by atoms with Gasteiger partial charge in [0, 0.05) is 19.6 Å². The van der Waals surface area contributed by atoms with Crippen molar-refractivity contribution in [3.8, 4) is 0 Å². The van der Waals surface area contributed by atoms with E-state index in [0.717, 1.165) is 26.3 Å². The van der Waals surface area contributed by atoms with Crippen LogP contribution in [0.5, 0.6) is 0 Å². The number of aliphatic imine (C=N–C) groups is 1. The average molecular weight is 215 g/mol. The summed E-state index contributed by atoms with van der Waals surface area (Å²) in [6.45, 7) is 5.86. The second-order valence-electron chi connectivity index (χ2n) is 3.32. The molecule has 0 atom stereocenters. The summed E-state index contributed by atoms with van der Waals surface area (Å²) in [5.74, 6) is 0.214. The molecule has 0 aromatic rings. The van der Waals surface area contributed by atoms with Gasteiger partial charge in [-0.05, 0) is 6.92 Å². The first-order valence-electron chi connectivity index (χ1n) is 4.96. The largest absolute Gasteiger partial charge is 0.447 e. The molecule has 1 aliphatic heterocycles. The number of hydrogen-bond acceptors (Lipinski definition) is 4. The van der Waals surface area contributed by atoms with Gasteiger partial charge in [-0.2, -0.15) is 4.99 Å². The van der Waals surface area contributed by atoms with E-state index >= 15 is 0 Å². The number of nitrogens with zero attached hydrogens (tertiary/aromatic N) is 2. The first kappa shape index (κ1) is 11.9. The van der Waals surface area contributed by atoms with Crippen molar-refractivity contribution in [2.75, 3.05) is 39.5 Å². The number of carbonyl (C=O) groups excluding carboxylic acids is 1. The number of ether oxygens (including phenoxy) is 2. The van der Waals surface area contributed by atoms with E-state index in [1.165, 1.54) is 0 Å². The lowest BCUT2D eigenvalue weighted by atomic mass is 10.4. The molecule has 1 saturated heterocycles. The maximum Gasteiger partial charge on any atom is 0.435 e. The summed E-state index contributed by atoms with van der Waals surface area (Å²) in [6.07, 6.45) is -0.622. The zero-order chi connectivity index (χ0) is 11.1. The summed E-state index contributed by atoms with van der Waals surface area (Å²) in [4.78, 5) is 16.6. The van der Waals surface area contributed by atoms with Crippen LogP contribution in [0.1, 0.15) is 6.92 Å². The lowest BCUT2D eigenvalue weighted by Crippen LogP contribution is -2.38. The lowest BCUT2D eigenvalue weighted by molar-refractivity contribution is 0.0288. The van der Waals surface area contributed by atoms with Crippen LogP contribution in [0.2, 0.25) is 0 Å². The molecule has 1 heterocycles. The van der Waals surface area contributed by atoms with Crippen LogP contribution in [-0.4, -0.2) is 56.3 Å². The summed E-state index contributed by atoms with van der Waals surface area (Å²) in [6, 6.07) is 0. The zero-order valence-corrected chi connectivity index (χ0v) is 8.94. The normalized spacial score (nSPS) is 18.9. The smallest absolute Gasteiger partial charge is 0.435 e. The standard InChI is InChI=1S/C9H17N3O3/c1-8(10)11-9(13)15-7-4-12-2-5-14-6-3-12/h2-7H2,1H3,(H2,10,11,13). The van der Waals surface area contributed by atoms with Gasteiger partial charge in [0.1, 0.15) is 12.4 Å². The van der Waals surface area contributed by atoms with E-state index in [0.29, 0.717) is 13.2 Å². The molecule has 0 saturated carbocycles. The second kappa shape index (κ2) is 6.36. The molecule has 6 nitrogen and oxygen atoms in total. The predicted molar refractivity (Wildman–Crippen MR) is 55.9 cm³/mol. The molecule has 6 heteroatoms. The fourth-order valence-electron chi connectivity index (χ4n) is 1.26. The minimum atomic E-state index is -0.622. The van der Waals surface area contributed by atoms with Crippen molar-refractivity contribution >= 4 is 11.9 Å². The molecule has 0 aromatic heterocycles. The van der Waals surface area contributed by atoms with Gasteiger partial charge in [-0.15, -0.1) is 0 Å². The van der Waals surface area contributed by atoms with E-state index in [-0.39, 0.29) is 5.84 Å². The Labute approximate surface area is 89.0 Å². The van der Waals surface area contributed by atoms with Gasteiger partial charge in [0.15, 0.2) is 0 Å². The van der Waals surface area contributed by atoms with Gasteiger partial charge in [-0.1, -0.05) is 0 Å². The van der Waals surface area contributed by atoms with Gasteiger partial charge in [0.2, 0.25) is 0 Å². The Morgan fingerprint density at radius 1 is 1.53 bits per heavy atom. The minimum absolute atomic E-state index is 0.214. The Bertz CT molecular complexity index is 233. The Hall–Kier alpha value is -1.14. The Morgan fingerprint density at radius 3 is 2.80 bits per heavy atom. The summed E-state index contributed by atoms with van der Waals surface area (Å²) in [5, 5.41) is 0. The summed E-state index contributed by atoms with van der Waals surface area (Å²) >= 11 is 0. The molecule has 0 aromatic carbocycles. The molecule has 0 aliphatic carbocycles. The van der Waals surface area contributed by atoms with Crippen molar-refractivity contribution in [1.82, 2.24) is 4.90 Å². The molecular weight excluding hydrogens is 198 g/mol. The van der Waals surface area contributed by atoms with Crippen LogP contribution in [-0.2, 0) is 9.47 Å². The van der Waals surface area contributed by atoms with E-state index in [9.17, 15) is 4.79 Å². The van der Waals surface area contributed by atoms with Gasteiger partial charge in [-0.3, -0.25) is 4.90 Å². The molecule has 0 unspecified atom stereocenters. The van der Waals surface area contributed by atoms with Crippen LogP contribution in [0.25, 0.3) is 0 Å². The third kappa shape index (κ3) is 5.34. The number of nitrogens with two attached hydrogens (primary N) is 1.